The molecule has 2 heteroatoms. The van der Waals surface area contributed by atoms with E-state index in [-0.39, 0.29) is 0 Å². The summed E-state index contributed by atoms with van der Waals surface area (Å²) in [6, 6.07) is 0. The van der Waals surface area contributed by atoms with Crippen LogP contribution >= 0.6 is 0 Å². The molecular weight excluding hydrogens is 184 g/mol. The number of nitrogens with zero attached hydrogens (tertiary/aromatic N) is 1. The van der Waals surface area contributed by atoms with Crippen molar-refractivity contribution in [3.05, 3.63) is 11.1 Å². The van der Waals surface area contributed by atoms with Crippen molar-refractivity contribution in [2.45, 2.75) is 40.5 Å². The van der Waals surface area contributed by atoms with Crippen molar-refractivity contribution < 1.29 is 0 Å². The maximum Gasteiger partial charge on any atom is 0.0607 e. The van der Waals surface area contributed by atoms with Crippen LogP contribution < -0.4 is 5.43 Å². The van der Waals surface area contributed by atoms with Gasteiger partial charge >= 0.3 is 0 Å². The SMILES string of the molecule is CC.CC1=NNCC2=C1C1CC2CC1C. The molecule has 1 N–H and O–H groups in total. The van der Waals surface area contributed by atoms with Gasteiger partial charge in [0.2, 0.25) is 0 Å². The zero-order valence-corrected chi connectivity index (χ0v) is 10.3. The van der Waals surface area contributed by atoms with Crippen LogP contribution in [0.25, 0.3) is 0 Å². The van der Waals surface area contributed by atoms with E-state index in [4.69, 9.17) is 0 Å². The highest BCUT2D eigenvalue weighted by Crippen LogP contribution is 2.52. The molecule has 3 unspecified atom stereocenters. The summed E-state index contributed by atoms with van der Waals surface area (Å²) in [5.74, 6) is 2.62. The molecule has 3 aliphatic rings. The summed E-state index contributed by atoms with van der Waals surface area (Å²) in [6.45, 7) is 9.55. The van der Waals surface area contributed by atoms with Crippen LogP contribution in [0.15, 0.2) is 16.2 Å². The molecule has 0 aromatic rings. The average molecular weight is 206 g/mol. The topological polar surface area (TPSA) is 24.4 Å². The van der Waals surface area contributed by atoms with Gasteiger partial charge in [-0.15, -0.1) is 0 Å². The molecule has 0 aromatic heterocycles. The van der Waals surface area contributed by atoms with E-state index in [9.17, 15) is 0 Å². The normalized spacial score (nSPS) is 36.5. The number of fused-ring (bicyclic) bond motifs is 4. The third-order valence-electron chi connectivity index (χ3n) is 4.00. The van der Waals surface area contributed by atoms with Crippen LogP contribution in [0.5, 0.6) is 0 Å². The Kier molecular flexibility index (Phi) is 2.85. The number of allylic oxidation sites excluding steroid dienone is 1. The molecular formula is C13H22N2. The van der Waals surface area contributed by atoms with E-state index in [1.807, 2.05) is 13.8 Å². The lowest BCUT2D eigenvalue weighted by atomic mass is 9.82. The smallest absolute Gasteiger partial charge is 0.0607 e. The Balaban J connectivity index is 0.000000404. The molecule has 0 amide bonds. The van der Waals surface area contributed by atoms with E-state index in [2.05, 4.69) is 24.4 Å². The minimum atomic E-state index is 0.839. The zero-order chi connectivity index (χ0) is 11.0. The van der Waals surface area contributed by atoms with Gasteiger partial charge in [-0.3, -0.25) is 0 Å². The van der Waals surface area contributed by atoms with Crippen molar-refractivity contribution in [1.82, 2.24) is 5.43 Å². The van der Waals surface area contributed by atoms with E-state index in [1.54, 1.807) is 11.1 Å². The second-order valence-corrected chi connectivity index (χ2v) is 4.72. The Morgan fingerprint density at radius 2 is 2.00 bits per heavy atom. The Morgan fingerprint density at radius 1 is 1.27 bits per heavy atom. The van der Waals surface area contributed by atoms with Crippen LogP contribution in [-0.4, -0.2) is 12.3 Å². The lowest BCUT2D eigenvalue weighted by Gasteiger charge is -2.27. The fraction of sp³-hybridized carbons (Fsp3) is 0.769. The lowest BCUT2D eigenvalue weighted by Crippen LogP contribution is -2.27. The third-order valence-corrected chi connectivity index (χ3v) is 4.00. The van der Waals surface area contributed by atoms with Gasteiger partial charge in [0.1, 0.15) is 0 Å². The highest BCUT2D eigenvalue weighted by molar-refractivity contribution is 6.00. The van der Waals surface area contributed by atoms with Gasteiger partial charge in [-0.05, 0) is 48.7 Å². The summed E-state index contributed by atoms with van der Waals surface area (Å²) in [5, 5.41) is 4.33. The molecule has 1 fully saturated rings. The molecule has 0 saturated heterocycles. The molecule has 0 aromatic carbocycles. The summed E-state index contributed by atoms with van der Waals surface area (Å²) in [6.07, 6.45) is 2.82. The molecule has 0 radical (unpaired) electrons. The van der Waals surface area contributed by atoms with Crippen molar-refractivity contribution in [3.8, 4) is 0 Å². The van der Waals surface area contributed by atoms with Gasteiger partial charge in [0.05, 0.1) is 12.3 Å². The predicted molar refractivity (Wildman–Crippen MR) is 64.9 cm³/mol. The summed E-state index contributed by atoms with van der Waals surface area (Å²) in [5.41, 5.74) is 7.68. The first-order chi connectivity index (χ1) is 7.27. The molecule has 3 atom stereocenters. The maximum atomic E-state index is 4.33. The first-order valence-electron chi connectivity index (χ1n) is 6.28. The molecule has 84 valence electrons. The Morgan fingerprint density at radius 3 is 2.73 bits per heavy atom. The Hall–Kier alpha value is -0.790. The third kappa shape index (κ3) is 1.51. The molecule has 2 bridgehead atoms. The fourth-order valence-electron chi connectivity index (χ4n) is 3.44. The van der Waals surface area contributed by atoms with E-state index in [1.165, 1.54) is 18.6 Å². The molecule has 1 aliphatic heterocycles. The van der Waals surface area contributed by atoms with Crippen LogP contribution in [0.3, 0.4) is 0 Å². The molecule has 2 nitrogen and oxygen atoms in total. The summed E-state index contributed by atoms with van der Waals surface area (Å²) < 4.78 is 0. The molecule has 1 heterocycles. The van der Waals surface area contributed by atoms with Crippen molar-refractivity contribution in [1.29, 1.82) is 0 Å². The monoisotopic (exact) mass is 206 g/mol. The van der Waals surface area contributed by atoms with E-state index in [0.717, 1.165) is 24.3 Å². The number of hydrogen-bond acceptors (Lipinski definition) is 2. The fourth-order valence-corrected chi connectivity index (χ4v) is 3.44. The van der Waals surface area contributed by atoms with Crippen LogP contribution in [0, 0.1) is 17.8 Å². The van der Waals surface area contributed by atoms with E-state index >= 15 is 0 Å². The molecule has 1 saturated carbocycles. The van der Waals surface area contributed by atoms with Crippen molar-refractivity contribution in [3.63, 3.8) is 0 Å². The first-order valence-corrected chi connectivity index (χ1v) is 6.28. The average Bonchev–Trinajstić information content (AvgIpc) is 2.79. The second-order valence-electron chi connectivity index (χ2n) is 4.72. The van der Waals surface area contributed by atoms with Gasteiger partial charge in [-0.2, -0.15) is 5.10 Å². The molecule has 2 aliphatic carbocycles. The molecule has 15 heavy (non-hydrogen) atoms. The highest BCUT2D eigenvalue weighted by Gasteiger charge is 2.44. The van der Waals surface area contributed by atoms with Crippen molar-refractivity contribution in [2.75, 3.05) is 6.54 Å². The van der Waals surface area contributed by atoms with Gasteiger partial charge in [-0.1, -0.05) is 20.8 Å². The van der Waals surface area contributed by atoms with Crippen molar-refractivity contribution in [2.24, 2.45) is 22.9 Å². The second kappa shape index (κ2) is 3.99. The van der Waals surface area contributed by atoms with Crippen LogP contribution in [0.2, 0.25) is 0 Å². The summed E-state index contributed by atoms with van der Waals surface area (Å²) in [7, 11) is 0. The minimum absolute atomic E-state index is 0.839. The van der Waals surface area contributed by atoms with E-state index < -0.39 is 0 Å². The number of hydrogen-bond donors (Lipinski definition) is 1. The number of hydrazone groups is 1. The summed E-state index contributed by atoms with van der Waals surface area (Å²) >= 11 is 0. The largest absolute Gasteiger partial charge is 0.306 e. The maximum absolute atomic E-state index is 4.33. The molecule has 3 rings (SSSR count). The Bertz CT molecular complexity index is 314. The van der Waals surface area contributed by atoms with Gasteiger partial charge in [-0.25, -0.2) is 0 Å². The minimum Gasteiger partial charge on any atom is -0.306 e. The quantitative estimate of drug-likeness (QED) is 0.647. The van der Waals surface area contributed by atoms with E-state index in [0.29, 0.717) is 0 Å². The summed E-state index contributed by atoms with van der Waals surface area (Å²) in [4.78, 5) is 0. The standard InChI is InChI=1S/C11H16N2.C2H6/c1-6-3-8-4-9(6)11-7(2)13-12-5-10(8)11;1-2/h6,8-9,12H,3-5H2,1-2H3;1-2H3. The van der Waals surface area contributed by atoms with Crippen LogP contribution in [-0.2, 0) is 0 Å². The van der Waals surface area contributed by atoms with Gasteiger partial charge in [0.15, 0.2) is 0 Å². The highest BCUT2D eigenvalue weighted by atomic mass is 15.3. The first kappa shape index (κ1) is 10.7. The van der Waals surface area contributed by atoms with Gasteiger partial charge < -0.3 is 5.43 Å². The van der Waals surface area contributed by atoms with Crippen molar-refractivity contribution >= 4 is 5.71 Å². The number of rotatable bonds is 0. The Labute approximate surface area is 92.8 Å². The lowest BCUT2D eigenvalue weighted by molar-refractivity contribution is 0.466. The van der Waals surface area contributed by atoms with Gasteiger partial charge in [0.25, 0.3) is 0 Å². The molecule has 0 spiro atoms. The number of nitrogens with one attached hydrogen (secondary N) is 1. The van der Waals surface area contributed by atoms with Crippen LogP contribution in [0.4, 0.5) is 0 Å². The van der Waals surface area contributed by atoms with Gasteiger partial charge in [0, 0.05) is 0 Å². The predicted octanol–water partition coefficient (Wildman–Crippen LogP) is 2.96. The zero-order valence-electron chi connectivity index (χ0n) is 10.3. The van der Waals surface area contributed by atoms with Crippen LogP contribution in [0.1, 0.15) is 40.5 Å².